The van der Waals surface area contributed by atoms with E-state index < -0.39 is 17.9 Å². The van der Waals surface area contributed by atoms with Crippen LogP contribution < -0.4 is 16.8 Å². The highest BCUT2D eigenvalue weighted by molar-refractivity contribution is 7.13. The first-order valence-electron chi connectivity index (χ1n) is 5.36. The molecule has 1 unspecified atom stereocenters. The van der Waals surface area contributed by atoms with Crippen molar-refractivity contribution in [2.24, 2.45) is 11.5 Å². The van der Waals surface area contributed by atoms with Crippen LogP contribution in [-0.2, 0) is 9.59 Å². The van der Waals surface area contributed by atoms with Crippen LogP contribution in [-0.4, -0.2) is 22.8 Å². The second-order valence-electron chi connectivity index (χ2n) is 4.12. The molecule has 0 bridgehead atoms. The number of carbonyl (C=O) groups excluding carboxylic acids is 2. The number of hydrogen-bond donors (Lipinski definition) is 3. The fourth-order valence-electron chi connectivity index (χ4n) is 1.42. The Morgan fingerprint density at radius 2 is 2.29 bits per heavy atom. The van der Waals surface area contributed by atoms with Crippen molar-refractivity contribution >= 4 is 28.3 Å². The number of primary amides is 1. The lowest BCUT2D eigenvalue weighted by atomic mass is 10.2. The monoisotopic (exact) mass is 254 g/mol. The first-order chi connectivity index (χ1) is 8.06. The van der Waals surface area contributed by atoms with Gasteiger partial charge in [0.25, 0.3) is 0 Å². The van der Waals surface area contributed by atoms with Gasteiger partial charge >= 0.3 is 0 Å². The Balaban J connectivity index is 1.90. The Bertz CT molecular complexity index is 441. The molecular formula is C10H14N4O2S. The van der Waals surface area contributed by atoms with Crippen molar-refractivity contribution < 1.29 is 9.59 Å². The van der Waals surface area contributed by atoms with Gasteiger partial charge in [-0.1, -0.05) is 0 Å². The molecule has 0 spiro atoms. The Hall–Kier alpha value is -1.47. The number of anilines is 1. The Morgan fingerprint density at radius 1 is 1.59 bits per heavy atom. The zero-order chi connectivity index (χ0) is 12.4. The number of nitrogens with zero attached hydrogens (tertiary/aromatic N) is 1. The van der Waals surface area contributed by atoms with E-state index in [1.54, 1.807) is 0 Å². The fraction of sp³-hybridized carbons (Fsp3) is 0.500. The maximum absolute atomic E-state index is 11.6. The average Bonchev–Trinajstić information content (AvgIpc) is 2.99. The average molecular weight is 254 g/mol. The molecule has 0 saturated heterocycles. The van der Waals surface area contributed by atoms with E-state index in [4.69, 9.17) is 11.5 Å². The number of nitrogens with two attached hydrogens (primary N) is 2. The predicted molar refractivity (Wildman–Crippen MR) is 64.5 cm³/mol. The topological polar surface area (TPSA) is 111 Å². The summed E-state index contributed by atoms with van der Waals surface area (Å²) >= 11 is 1.37. The highest BCUT2D eigenvalue weighted by Gasteiger charge is 2.26. The standard InChI is InChI=1S/C10H14N4O2S/c11-6(3-8(12)15)9(16)14-10-13-7(4-17-10)5-1-2-5/h4-6H,1-3,11H2,(H2,12,15)(H,13,14,16). The normalized spacial score (nSPS) is 16.5. The quantitative estimate of drug-likeness (QED) is 0.695. The van der Waals surface area contributed by atoms with Crippen LogP contribution in [0.3, 0.4) is 0 Å². The van der Waals surface area contributed by atoms with Gasteiger partial charge in [-0.15, -0.1) is 11.3 Å². The second-order valence-corrected chi connectivity index (χ2v) is 4.98. The molecule has 1 aromatic rings. The number of thiazole rings is 1. The molecule has 1 aliphatic rings. The summed E-state index contributed by atoms with van der Waals surface area (Å²) in [5.74, 6) is -0.470. The first-order valence-corrected chi connectivity index (χ1v) is 6.24. The van der Waals surface area contributed by atoms with E-state index in [1.165, 1.54) is 11.3 Å². The fourth-order valence-corrected chi connectivity index (χ4v) is 2.21. The summed E-state index contributed by atoms with van der Waals surface area (Å²) < 4.78 is 0. The molecule has 92 valence electrons. The summed E-state index contributed by atoms with van der Waals surface area (Å²) in [5, 5.41) is 5.05. The molecule has 1 fully saturated rings. The molecule has 1 saturated carbocycles. The van der Waals surface area contributed by atoms with Gasteiger partial charge in [0.2, 0.25) is 11.8 Å². The minimum absolute atomic E-state index is 0.160. The highest BCUT2D eigenvalue weighted by atomic mass is 32.1. The van der Waals surface area contributed by atoms with Crippen LogP contribution in [0.15, 0.2) is 5.38 Å². The van der Waals surface area contributed by atoms with Crippen molar-refractivity contribution in [1.29, 1.82) is 0 Å². The molecule has 1 aromatic heterocycles. The van der Waals surface area contributed by atoms with E-state index in [1.807, 2.05) is 5.38 Å². The van der Waals surface area contributed by atoms with Crippen molar-refractivity contribution in [1.82, 2.24) is 4.98 Å². The number of amides is 2. The lowest BCUT2D eigenvalue weighted by molar-refractivity contribution is -0.123. The van der Waals surface area contributed by atoms with Gasteiger partial charge in [0.15, 0.2) is 5.13 Å². The summed E-state index contributed by atoms with van der Waals surface area (Å²) in [5.41, 5.74) is 11.5. The molecule has 1 atom stereocenters. The molecule has 0 aromatic carbocycles. The molecule has 2 rings (SSSR count). The van der Waals surface area contributed by atoms with Crippen LogP contribution in [0.1, 0.15) is 30.9 Å². The van der Waals surface area contributed by atoms with Gasteiger partial charge in [-0.2, -0.15) is 0 Å². The van der Waals surface area contributed by atoms with Crippen LogP contribution in [0, 0.1) is 0 Å². The van der Waals surface area contributed by atoms with Gasteiger partial charge in [-0.25, -0.2) is 4.98 Å². The van der Waals surface area contributed by atoms with Gasteiger partial charge < -0.3 is 16.8 Å². The van der Waals surface area contributed by atoms with E-state index in [0.29, 0.717) is 11.0 Å². The van der Waals surface area contributed by atoms with Gasteiger partial charge in [0.05, 0.1) is 18.2 Å². The number of carbonyl (C=O) groups is 2. The predicted octanol–water partition coefficient (Wildman–Crippen LogP) is 0.162. The summed E-state index contributed by atoms with van der Waals surface area (Å²) in [6, 6.07) is -0.916. The summed E-state index contributed by atoms with van der Waals surface area (Å²) in [4.78, 5) is 26.5. The van der Waals surface area contributed by atoms with E-state index >= 15 is 0 Å². The SMILES string of the molecule is NC(=O)CC(N)C(=O)Nc1nc(C2CC2)cs1. The summed E-state index contributed by atoms with van der Waals surface area (Å²) in [6.45, 7) is 0. The van der Waals surface area contributed by atoms with E-state index in [0.717, 1.165) is 18.5 Å². The molecule has 6 nitrogen and oxygen atoms in total. The third-order valence-electron chi connectivity index (χ3n) is 2.51. The summed E-state index contributed by atoms with van der Waals surface area (Å²) in [7, 11) is 0. The van der Waals surface area contributed by atoms with Gasteiger partial charge in [0, 0.05) is 11.3 Å². The molecule has 0 radical (unpaired) electrons. The number of rotatable bonds is 5. The third-order valence-corrected chi connectivity index (χ3v) is 3.28. The van der Waals surface area contributed by atoms with Gasteiger partial charge in [-0.3, -0.25) is 9.59 Å². The van der Waals surface area contributed by atoms with Crippen LogP contribution >= 0.6 is 11.3 Å². The van der Waals surface area contributed by atoms with Crippen LogP contribution in [0.2, 0.25) is 0 Å². The maximum Gasteiger partial charge on any atom is 0.243 e. The molecule has 7 heteroatoms. The van der Waals surface area contributed by atoms with Crippen LogP contribution in [0.25, 0.3) is 0 Å². The number of aromatic nitrogens is 1. The molecule has 0 aliphatic heterocycles. The van der Waals surface area contributed by atoms with E-state index in [-0.39, 0.29) is 6.42 Å². The van der Waals surface area contributed by atoms with Gasteiger partial charge in [0.1, 0.15) is 0 Å². The second kappa shape index (κ2) is 4.80. The molecule has 2 amide bonds. The maximum atomic E-state index is 11.6. The number of nitrogens with one attached hydrogen (secondary N) is 1. The molecular weight excluding hydrogens is 240 g/mol. The van der Waals surface area contributed by atoms with Crippen LogP contribution in [0.5, 0.6) is 0 Å². The first kappa shape index (κ1) is 12.0. The summed E-state index contributed by atoms with van der Waals surface area (Å²) in [6.07, 6.45) is 2.17. The minimum atomic E-state index is -0.916. The minimum Gasteiger partial charge on any atom is -0.370 e. The van der Waals surface area contributed by atoms with Crippen molar-refractivity contribution in [2.45, 2.75) is 31.2 Å². The smallest absolute Gasteiger partial charge is 0.243 e. The van der Waals surface area contributed by atoms with Crippen molar-refractivity contribution in [2.75, 3.05) is 5.32 Å². The Labute approximate surface area is 102 Å². The largest absolute Gasteiger partial charge is 0.370 e. The third kappa shape index (κ3) is 3.24. The van der Waals surface area contributed by atoms with Crippen molar-refractivity contribution in [3.8, 4) is 0 Å². The van der Waals surface area contributed by atoms with Crippen molar-refractivity contribution in [3.05, 3.63) is 11.1 Å². The zero-order valence-corrected chi connectivity index (χ0v) is 10.00. The molecule has 1 aliphatic carbocycles. The van der Waals surface area contributed by atoms with Gasteiger partial charge in [-0.05, 0) is 12.8 Å². The molecule has 17 heavy (non-hydrogen) atoms. The molecule has 5 N–H and O–H groups in total. The van der Waals surface area contributed by atoms with E-state index in [9.17, 15) is 9.59 Å². The lowest BCUT2D eigenvalue weighted by Gasteiger charge is -2.07. The Morgan fingerprint density at radius 3 is 2.88 bits per heavy atom. The lowest BCUT2D eigenvalue weighted by Crippen LogP contribution is -2.38. The van der Waals surface area contributed by atoms with Crippen molar-refractivity contribution in [3.63, 3.8) is 0 Å². The van der Waals surface area contributed by atoms with E-state index in [2.05, 4.69) is 10.3 Å². The molecule has 1 heterocycles. The Kier molecular flexibility index (Phi) is 3.39. The zero-order valence-electron chi connectivity index (χ0n) is 9.18. The highest BCUT2D eigenvalue weighted by Crippen LogP contribution is 2.40. The van der Waals surface area contributed by atoms with Crippen LogP contribution in [0.4, 0.5) is 5.13 Å². The number of hydrogen-bond acceptors (Lipinski definition) is 5.